The molecule has 6 nitrogen and oxygen atoms in total. The fourth-order valence-electron chi connectivity index (χ4n) is 2.72. The summed E-state index contributed by atoms with van der Waals surface area (Å²) in [5.74, 6) is -0.718. The molecular formula is C18H17N3O3. The van der Waals surface area contributed by atoms with E-state index in [4.69, 9.17) is 10.3 Å². The summed E-state index contributed by atoms with van der Waals surface area (Å²) in [6.07, 6.45) is 0.106. The van der Waals surface area contributed by atoms with Crippen molar-refractivity contribution < 1.29 is 14.1 Å². The molecule has 2 amide bonds. The van der Waals surface area contributed by atoms with E-state index < -0.39 is 5.91 Å². The van der Waals surface area contributed by atoms with Crippen molar-refractivity contribution >= 4 is 28.5 Å². The highest BCUT2D eigenvalue weighted by Gasteiger charge is 2.15. The van der Waals surface area contributed by atoms with Gasteiger partial charge in [0.15, 0.2) is 5.58 Å². The number of fused-ring (bicyclic) bond motifs is 1. The first-order chi connectivity index (χ1) is 11.4. The zero-order chi connectivity index (χ0) is 17.3. The third kappa shape index (κ3) is 3.12. The van der Waals surface area contributed by atoms with Crippen molar-refractivity contribution in [3.8, 4) is 0 Å². The van der Waals surface area contributed by atoms with E-state index in [1.54, 1.807) is 24.3 Å². The highest BCUT2D eigenvalue weighted by Crippen LogP contribution is 2.24. The van der Waals surface area contributed by atoms with Crippen molar-refractivity contribution in [3.63, 3.8) is 0 Å². The summed E-state index contributed by atoms with van der Waals surface area (Å²) in [4.78, 5) is 23.3. The molecule has 3 N–H and O–H groups in total. The summed E-state index contributed by atoms with van der Waals surface area (Å²) >= 11 is 0. The van der Waals surface area contributed by atoms with Crippen molar-refractivity contribution in [1.29, 1.82) is 0 Å². The van der Waals surface area contributed by atoms with E-state index in [1.165, 1.54) is 0 Å². The van der Waals surface area contributed by atoms with Gasteiger partial charge in [-0.1, -0.05) is 11.2 Å². The Bertz CT molecular complexity index is 927. The molecule has 0 radical (unpaired) electrons. The Morgan fingerprint density at radius 1 is 1.17 bits per heavy atom. The first-order valence-electron chi connectivity index (χ1n) is 7.49. The maximum absolute atomic E-state index is 12.2. The number of benzene rings is 2. The molecule has 122 valence electrons. The van der Waals surface area contributed by atoms with Gasteiger partial charge in [-0.15, -0.1) is 0 Å². The minimum Gasteiger partial charge on any atom is -0.366 e. The average Bonchev–Trinajstić information content (AvgIpc) is 2.90. The van der Waals surface area contributed by atoms with E-state index in [2.05, 4.69) is 10.5 Å². The van der Waals surface area contributed by atoms with E-state index in [-0.39, 0.29) is 12.3 Å². The number of carbonyl (C=O) groups excluding carboxylic acids is 2. The van der Waals surface area contributed by atoms with Crippen LogP contribution in [0.4, 0.5) is 5.69 Å². The number of anilines is 1. The van der Waals surface area contributed by atoms with Gasteiger partial charge in [-0.3, -0.25) is 9.59 Å². The maximum atomic E-state index is 12.2. The molecule has 0 aliphatic carbocycles. The van der Waals surface area contributed by atoms with Gasteiger partial charge in [0.25, 0.3) is 0 Å². The molecule has 2 aromatic carbocycles. The van der Waals surface area contributed by atoms with Crippen molar-refractivity contribution in [3.05, 3.63) is 58.8 Å². The van der Waals surface area contributed by atoms with Crippen LogP contribution in [0.5, 0.6) is 0 Å². The zero-order valence-electron chi connectivity index (χ0n) is 13.4. The molecule has 0 aliphatic heterocycles. The van der Waals surface area contributed by atoms with Gasteiger partial charge in [0.05, 0.1) is 6.42 Å². The van der Waals surface area contributed by atoms with Crippen LogP contribution in [0, 0.1) is 13.8 Å². The van der Waals surface area contributed by atoms with Crippen LogP contribution in [0.15, 0.2) is 40.9 Å². The van der Waals surface area contributed by atoms with Gasteiger partial charge in [-0.05, 0) is 55.3 Å². The molecule has 3 aromatic rings. The van der Waals surface area contributed by atoms with Crippen LogP contribution in [0.25, 0.3) is 11.0 Å². The minimum absolute atomic E-state index is 0.106. The van der Waals surface area contributed by atoms with Gasteiger partial charge < -0.3 is 15.6 Å². The van der Waals surface area contributed by atoms with Crippen LogP contribution in [-0.2, 0) is 11.2 Å². The predicted octanol–water partition coefficient (Wildman–Crippen LogP) is 2.72. The molecule has 0 atom stereocenters. The van der Waals surface area contributed by atoms with Crippen molar-refractivity contribution in [1.82, 2.24) is 5.16 Å². The Kier molecular flexibility index (Phi) is 4.04. The van der Waals surface area contributed by atoms with Gasteiger partial charge in [0.1, 0.15) is 5.69 Å². The standard InChI is InChI=1S/C18H17N3O3/c1-10-7-11(2)17-14(21-24-15(17)8-10)9-16(22)20-13-5-3-12(4-6-13)18(19)23/h3-8H,9H2,1-2H3,(H2,19,23)(H,20,22). The lowest BCUT2D eigenvalue weighted by Gasteiger charge is -2.05. The van der Waals surface area contributed by atoms with Gasteiger partial charge >= 0.3 is 0 Å². The zero-order valence-corrected chi connectivity index (χ0v) is 13.4. The minimum atomic E-state index is -0.507. The largest absolute Gasteiger partial charge is 0.366 e. The molecular weight excluding hydrogens is 306 g/mol. The normalized spacial score (nSPS) is 10.8. The van der Waals surface area contributed by atoms with Crippen LogP contribution in [0.3, 0.4) is 0 Å². The summed E-state index contributed by atoms with van der Waals surface area (Å²) in [5, 5.41) is 7.66. The Balaban J connectivity index is 1.76. The molecule has 0 fully saturated rings. The highest BCUT2D eigenvalue weighted by atomic mass is 16.5. The summed E-state index contributed by atoms with van der Waals surface area (Å²) < 4.78 is 5.32. The molecule has 1 heterocycles. The second kappa shape index (κ2) is 6.16. The van der Waals surface area contributed by atoms with Crippen LogP contribution in [-0.4, -0.2) is 17.0 Å². The van der Waals surface area contributed by atoms with Crippen molar-refractivity contribution in [2.75, 3.05) is 5.32 Å². The first kappa shape index (κ1) is 15.7. The molecule has 24 heavy (non-hydrogen) atoms. The Morgan fingerprint density at radius 2 is 1.88 bits per heavy atom. The Morgan fingerprint density at radius 3 is 2.54 bits per heavy atom. The molecule has 0 aliphatic rings. The van der Waals surface area contributed by atoms with Gasteiger partial charge in [0, 0.05) is 16.6 Å². The molecule has 0 spiro atoms. The number of aromatic nitrogens is 1. The SMILES string of the molecule is Cc1cc(C)c2c(CC(=O)Nc3ccc(C(N)=O)cc3)noc2c1. The summed E-state index contributed by atoms with van der Waals surface area (Å²) in [7, 11) is 0. The van der Waals surface area contributed by atoms with Crippen LogP contribution < -0.4 is 11.1 Å². The quantitative estimate of drug-likeness (QED) is 0.771. The fourth-order valence-corrected chi connectivity index (χ4v) is 2.72. The number of amides is 2. The molecule has 0 unspecified atom stereocenters. The van der Waals surface area contributed by atoms with Gasteiger partial charge in [0.2, 0.25) is 11.8 Å². The number of primary amides is 1. The molecule has 0 saturated carbocycles. The van der Waals surface area contributed by atoms with E-state index in [9.17, 15) is 9.59 Å². The Hall–Kier alpha value is -3.15. The molecule has 6 heteroatoms. The monoisotopic (exact) mass is 323 g/mol. The number of nitrogens with zero attached hydrogens (tertiary/aromatic N) is 1. The number of nitrogens with one attached hydrogen (secondary N) is 1. The van der Waals surface area contributed by atoms with Crippen molar-refractivity contribution in [2.24, 2.45) is 5.73 Å². The summed E-state index contributed by atoms with van der Waals surface area (Å²) in [6.45, 7) is 3.95. The summed E-state index contributed by atoms with van der Waals surface area (Å²) in [5.41, 5.74) is 9.57. The molecule has 1 aromatic heterocycles. The van der Waals surface area contributed by atoms with Gasteiger partial charge in [-0.2, -0.15) is 0 Å². The van der Waals surface area contributed by atoms with Crippen LogP contribution >= 0.6 is 0 Å². The first-order valence-corrected chi connectivity index (χ1v) is 7.49. The smallest absolute Gasteiger partial charge is 0.248 e. The third-order valence-electron chi connectivity index (χ3n) is 3.77. The number of aryl methyl sites for hydroxylation is 2. The van der Waals surface area contributed by atoms with Crippen LogP contribution in [0.1, 0.15) is 27.2 Å². The number of hydrogen-bond donors (Lipinski definition) is 2. The van der Waals surface area contributed by atoms with E-state index in [0.29, 0.717) is 22.5 Å². The lowest BCUT2D eigenvalue weighted by molar-refractivity contribution is -0.115. The average molecular weight is 323 g/mol. The second-order valence-corrected chi connectivity index (χ2v) is 5.75. The fraction of sp³-hybridized carbons (Fsp3) is 0.167. The molecule has 3 rings (SSSR count). The second-order valence-electron chi connectivity index (χ2n) is 5.75. The van der Waals surface area contributed by atoms with E-state index in [0.717, 1.165) is 16.5 Å². The number of rotatable bonds is 4. The van der Waals surface area contributed by atoms with E-state index in [1.807, 2.05) is 26.0 Å². The van der Waals surface area contributed by atoms with Gasteiger partial charge in [-0.25, -0.2) is 0 Å². The molecule has 0 bridgehead atoms. The number of hydrogen-bond acceptors (Lipinski definition) is 4. The topological polar surface area (TPSA) is 98.2 Å². The lowest BCUT2D eigenvalue weighted by Crippen LogP contribution is -2.15. The number of nitrogens with two attached hydrogens (primary N) is 1. The Labute approximate surface area is 138 Å². The highest BCUT2D eigenvalue weighted by molar-refractivity contribution is 5.96. The van der Waals surface area contributed by atoms with E-state index >= 15 is 0 Å². The molecule has 0 saturated heterocycles. The van der Waals surface area contributed by atoms with Crippen molar-refractivity contribution in [2.45, 2.75) is 20.3 Å². The predicted molar refractivity (Wildman–Crippen MR) is 90.8 cm³/mol. The summed E-state index contributed by atoms with van der Waals surface area (Å²) in [6, 6.07) is 10.3. The van der Waals surface area contributed by atoms with Crippen LogP contribution in [0.2, 0.25) is 0 Å². The maximum Gasteiger partial charge on any atom is 0.248 e. The third-order valence-corrected chi connectivity index (χ3v) is 3.77. The number of carbonyl (C=O) groups is 2. The lowest BCUT2D eigenvalue weighted by atomic mass is 10.0.